The van der Waals surface area contributed by atoms with Crippen LogP contribution >= 0.6 is 0 Å². The van der Waals surface area contributed by atoms with Gasteiger partial charge in [0, 0.05) is 0 Å². The van der Waals surface area contributed by atoms with Crippen LogP contribution in [-0.2, 0) is 9.53 Å². The number of urea groups is 1. The maximum Gasteiger partial charge on any atom is 0.328 e. The first-order chi connectivity index (χ1) is 8.99. The van der Waals surface area contributed by atoms with Crippen LogP contribution in [0.4, 0.5) is 9.18 Å². The fourth-order valence-corrected chi connectivity index (χ4v) is 1.23. The number of amides is 2. The molecular weight excluding hydrogens is 255 g/mol. The summed E-state index contributed by atoms with van der Waals surface area (Å²) in [6.45, 7) is 1.59. The summed E-state index contributed by atoms with van der Waals surface area (Å²) in [6.07, 6.45) is 0. The molecule has 3 N–H and O–H groups in total. The number of rotatable bonds is 6. The van der Waals surface area contributed by atoms with E-state index in [1.54, 1.807) is 0 Å². The zero-order valence-corrected chi connectivity index (χ0v) is 10.4. The van der Waals surface area contributed by atoms with E-state index in [9.17, 15) is 14.0 Å². The third-order valence-electron chi connectivity index (χ3n) is 2.12. The predicted octanol–water partition coefficient (Wildman–Crippen LogP) is 0.804. The molecule has 0 aliphatic rings. The van der Waals surface area contributed by atoms with Gasteiger partial charge in [-0.25, -0.2) is 14.0 Å². The van der Waals surface area contributed by atoms with Gasteiger partial charge in [0.25, 0.3) is 0 Å². The van der Waals surface area contributed by atoms with Crippen molar-refractivity contribution in [3.8, 4) is 5.75 Å². The quantitative estimate of drug-likeness (QED) is 0.591. The van der Waals surface area contributed by atoms with Crippen LogP contribution < -0.4 is 15.8 Å². The Labute approximate surface area is 109 Å². The number of primary amides is 1. The second-order valence-corrected chi connectivity index (χ2v) is 3.70. The van der Waals surface area contributed by atoms with E-state index in [0.29, 0.717) is 5.75 Å². The zero-order chi connectivity index (χ0) is 14.3. The first-order valence-corrected chi connectivity index (χ1v) is 5.60. The number of benzene rings is 1. The summed E-state index contributed by atoms with van der Waals surface area (Å²) in [7, 11) is 0. The molecule has 0 radical (unpaired) electrons. The Balaban J connectivity index is 2.21. The second kappa shape index (κ2) is 7.20. The van der Waals surface area contributed by atoms with Gasteiger partial charge in [0.05, 0.1) is 0 Å². The van der Waals surface area contributed by atoms with Crippen molar-refractivity contribution in [1.82, 2.24) is 5.32 Å². The van der Waals surface area contributed by atoms with Gasteiger partial charge in [-0.15, -0.1) is 0 Å². The number of hydrogen-bond acceptors (Lipinski definition) is 4. The number of halogens is 1. The Kier molecular flexibility index (Phi) is 5.59. The van der Waals surface area contributed by atoms with Crippen molar-refractivity contribution >= 4 is 12.0 Å². The van der Waals surface area contributed by atoms with E-state index >= 15 is 0 Å². The average Bonchev–Trinajstić information content (AvgIpc) is 2.35. The van der Waals surface area contributed by atoms with Crippen LogP contribution in [0.2, 0.25) is 0 Å². The van der Waals surface area contributed by atoms with E-state index in [2.05, 4.69) is 5.32 Å². The summed E-state index contributed by atoms with van der Waals surface area (Å²) >= 11 is 0. The predicted molar refractivity (Wildman–Crippen MR) is 65.0 cm³/mol. The minimum absolute atomic E-state index is 0.0149. The average molecular weight is 270 g/mol. The summed E-state index contributed by atoms with van der Waals surface area (Å²) in [5.41, 5.74) is 4.86. The summed E-state index contributed by atoms with van der Waals surface area (Å²) in [4.78, 5) is 21.8. The molecule has 0 aliphatic heterocycles. The molecule has 104 valence electrons. The molecule has 1 atom stereocenters. The third-order valence-corrected chi connectivity index (χ3v) is 2.12. The van der Waals surface area contributed by atoms with E-state index in [1.807, 2.05) is 0 Å². The molecular formula is C12H15FN2O4. The van der Waals surface area contributed by atoms with Crippen LogP contribution in [0, 0.1) is 5.82 Å². The Morgan fingerprint density at radius 2 is 1.95 bits per heavy atom. The first-order valence-electron chi connectivity index (χ1n) is 5.60. The fraction of sp³-hybridized carbons (Fsp3) is 0.333. The monoisotopic (exact) mass is 270 g/mol. The van der Waals surface area contributed by atoms with E-state index in [0.717, 1.165) is 0 Å². The molecule has 0 saturated carbocycles. The molecule has 0 heterocycles. The normalized spacial score (nSPS) is 11.5. The lowest BCUT2D eigenvalue weighted by atomic mass is 10.3. The third kappa shape index (κ3) is 5.71. The van der Waals surface area contributed by atoms with Crippen molar-refractivity contribution in [1.29, 1.82) is 0 Å². The van der Waals surface area contributed by atoms with E-state index < -0.39 is 18.0 Å². The van der Waals surface area contributed by atoms with Crippen molar-refractivity contribution in [3.05, 3.63) is 30.1 Å². The molecule has 0 spiro atoms. The van der Waals surface area contributed by atoms with Crippen molar-refractivity contribution in [2.45, 2.75) is 13.0 Å². The zero-order valence-electron chi connectivity index (χ0n) is 10.4. The van der Waals surface area contributed by atoms with Crippen molar-refractivity contribution in [3.63, 3.8) is 0 Å². The van der Waals surface area contributed by atoms with Gasteiger partial charge in [-0.1, -0.05) is 0 Å². The first kappa shape index (κ1) is 14.7. The molecule has 19 heavy (non-hydrogen) atoms. The molecule has 1 unspecified atom stereocenters. The number of esters is 1. The summed E-state index contributed by atoms with van der Waals surface area (Å²) in [5.74, 6) is -0.493. The van der Waals surface area contributed by atoms with Crippen LogP contribution in [0.3, 0.4) is 0 Å². The van der Waals surface area contributed by atoms with E-state index in [1.165, 1.54) is 31.2 Å². The SMILES string of the molecule is CC(NC(N)=O)C(=O)OCCOc1ccc(F)cc1. The van der Waals surface area contributed by atoms with Crippen LogP contribution in [0.1, 0.15) is 6.92 Å². The van der Waals surface area contributed by atoms with Gasteiger partial charge in [0.15, 0.2) is 0 Å². The van der Waals surface area contributed by atoms with Crippen molar-refractivity contribution < 1.29 is 23.5 Å². The molecule has 1 aromatic carbocycles. The van der Waals surface area contributed by atoms with Gasteiger partial charge >= 0.3 is 12.0 Å². The number of hydrogen-bond donors (Lipinski definition) is 2. The number of ether oxygens (including phenoxy) is 2. The van der Waals surface area contributed by atoms with Gasteiger partial charge in [-0.05, 0) is 31.2 Å². The molecule has 0 saturated heterocycles. The maximum atomic E-state index is 12.6. The van der Waals surface area contributed by atoms with Crippen molar-refractivity contribution in [2.75, 3.05) is 13.2 Å². The van der Waals surface area contributed by atoms with Crippen molar-refractivity contribution in [2.24, 2.45) is 5.73 Å². The van der Waals surface area contributed by atoms with Gasteiger partial charge < -0.3 is 20.5 Å². The van der Waals surface area contributed by atoms with Gasteiger partial charge in [0.1, 0.15) is 30.8 Å². The number of carbonyl (C=O) groups excluding carboxylic acids is 2. The molecule has 0 aromatic heterocycles. The molecule has 7 heteroatoms. The molecule has 0 fully saturated rings. The van der Waals surface area contributed by atoms with Crippen LogP contribution in [0.25, 0.3) is 0 Å². The molecule has 0 aliphatic carbocycles. The fourth-order valence-electron chi connectivity index (χ4n) is 1.23. The largest absolute Gasteiger partial charge is 0.490 e. The number of carbonyl (C=O) groups is 2. The highest BCUT2D eigenvalue weighted by Gasteiger charge is 2.15. The Morgan fingerprint density at radius 3 is 2.53 bits per heavy atom. The lowest BCUT2D eigenvalue weighted by Gasteiger charge is -2.12. The Morgan fingerprint density at radius 1 is 1.32 bits per heavy atom. The van der Waals surface area contributed by atoms with Gasteiger partial charge in [-0.2, -0.15) is 0 Å². The summed E-state index contributed by atoms with van der Waals surface area (Å²) in [5, 5.41) is 2.19. The van der Waals surface area contributed by atoms with Crippen LogP contribution in [0.15, 0.2) is 24.3 Å². The lowest BCUT2D eigenvalue weighted by molar-refractivity contribution is -0.146. The second-order valence-electron chi connectivity index (χ2n) is 3.70. The van der Waals surface area contributed by atoms with E-state index in [4.69, 9.17) is 15.2 Å². The lowest BCUT2D eigenvalue weighted by Crippen LogP contribution is -2.42. The number of nitrogens with two attached hydrogens (primary N) is 1. The minimum Gasteiger partial charge on any atom is -0.490 e. The minimum atomic E-state index is -0.816. The number of nitrogens with one attached hydrogen (secondary N) is 1. The highest BCUT2D eigenvalue weighted by molar-refractivity contribution is 5.82. The molecule has 6 nitrogen and oxygen atoms in total. The van der Waals surface area contributed by atoms with Gasteiger partial charge in [0.2, 0.25) is 0 Å². The summed E-state index contributed by atoms with van der Waals surface area (Å²) in [6, 6.07) is 3.85. The Hall–Kier alpha value is -2.31. The molecule has 2 amide bonds. The molecule has 1 rings (SSSR count). The van der Waals surface area contributed by atoms with E-state index in [-0.39, 0.29) is 19.0 Å². The molecule has 1 aromatic rings. The van der Waals surface area contributed by atoms with Crippen LogP contribution in [0.5, 0.6) is 5.75 Å². The van der Waals surface area contributed by atoms with Crippen LogP contribution in [-0.4, -0.2) is 31.3 Å². The topological polar surface area (TPSA) is 90.7 Å². The highest BCUT2D eigenvalue weighted by atomic mass is 19.1. The standard InChI is InChI=1S/C12H15FN2O4/c1-8(15-12(14)17)11(16)19-7-6-18-10-4-2-9(13)3-5-10/h2-5,8H,6-7H2,1H3,(H3,14,15,17). The smallest absolute Gasteiger partial charge is 0.328 e. The highest BCUT2D eigenvalue weighted by Crippen LogP contribution is 2.10. The van der Waals surface area contributed by atoms with Gasteiger partial charge in [-0.3, -0.25) is 0 Å². The Bertz CT molecular complexity index is 436. The molecule has 0 bridgehead atoms. The maximum absolute atomic E-state index is 12.6. The summed E-state index contributed by atoms with van der Waals surface area (Å²) < 4.78 is 22.7.